The van der Waals surface area contributed by atoms with Crippen molar-refractivity contribution in [2.24, 2.45) is 0 Å². The highest BCUT2D eigenvalue weighted by molar-refractivity contribution is 7.89. The molecular formula is C14H19N3O2S. The predicted molar refractivity (Wildman–Crippen MR) is 77.7 cm³/mol. The van der Waals surface area contributed by atoms with Crippen LogP contribution in [0.3, 0.4) is 0 Å². The fourth-order valence-corrected chi connectivity index (χ4v) is 4.03. The van der Waals surface area contributed by atoms with Gasteiger partial charge in [0.05, 0.1) is 11.8 Å². The monoisotopic (exact) mass is 293 g/mol. The summed E-state index contributed by atoms with van der Waals surface area (Å²) in [5.74, 6) is 0. The maximum Gasteiger partial charge on any atom is 0.245 e. The minimum absolute atomic E-state index is 0.0584. The highest BCUT2D eigenvalue weighted by Crippen LogP contribution is 2.34. The van der Waals surface area contributed by atoms with Gasteiger partial charge in [-0.05, 0) is 31.9 Å². The molecule has 20 heavy (non-hydrogen) atoms. The SMILES string of the molecule is CCNc1ccccc1S(=O)(=O)N(CCC#N)C1CC1. The zero-order valence-electron chi connectivity index (χ0n) is 11.5. The van der Waals surface area contributed by atoms with Crippen LogP contribution in [0.4, 0.5) is 5.69 Å². The molecule has 0 unspecified atom stereocenters. The predicted octanol–water partition coefficient (Wildman–Crippen LogP) is 2.19. The van der Waals surface area contributed by atoms with Crippen LogP contribution >= 0.6 is 0 Å². The molecule has 1 aromatic carbocycles. The molecule has 6 heteroatoms. The molecule has 0 atom stereocenters. The molecule has 0 aromatic heterocycles. The maximum atomic E-state index is 12.8. The fraction of sp³-hybridized carbons (Fsp3) is 0.500. The van der Waals surface area contributed by atoms with E-state index in [1.807, 2.05) is 19.1 Å². The topological polar surface area (TPSA) is 73.2 Å². The lowest BCUT2D eigenvalue weighted by molar-refractivity contribution is 0.411. The number of nitrogens with one attached hydrogen (secondary N) is 1. The molecular weight excluding hydrogens is 274 g/mol. The molecule has 0 spiro atoms. The van der Waals surface area contributed by atoms with E-state index >= 15 is 0 Å². The number of nitriles is 1. The van der Waals surface area contributed by atoms with Gasteiger partial charge in [0.15, 0.2) is 0 Å². The summed E-state index contributed by atoms with van der Waals surface area (Å²) in [7, 11) is -3.54. The lowest BCUT2D eigenvalue weighted by atomic mass is 10.3. The van der Waals surface area contributed by atoms with E-state index in [0.29, 0.717) is 17.1 Å². The first kappa shape index (κ1) is 14.8. The molecule has 1 aliphatic rings. The molecule has 1 aromatic rings. The van der Waals surface area contributed by atoms with Crippen LogP contribution in [0.1, 0.15) is 26.2 Å². The molecule has 1 N–H and O–H groups in total. The van der Waals surface area contributed by atoms with Gasteiger partial charge in [0.25, 0.3) is 0 Å². The molecule has 0 bridgehead atoms. The van der Waals surface area contributed by atoms with Crippen molar-refractivity contribution in [3.05, 3.63) is 24.3 Å². The molecule has 108 valence electrons. The molecule has 0 radical (unpaired) electrons. The van der Waals surface area contributed by atoms with Crippen LogP contribution in [0.2, 0.25) is 0 Å². The quantitative estimate of drug-likeness (QED) is 0.836. The largest absolute Gasteiger partial charge is 0.384 e. The van der Waals surface area contributed by atoms with Crippen molar-refractivity contribution in [2.45, 2.75) is 37.1 Å². The summed E-state index contributed by atoms with van der Waals surface area (Å²) in [6.45, 7) is 2.86. The summed E-state index contributed by atoms with van der Waals surface area (Å²) in [5, 5.41) is 11.8. The Kier molecular flexibility index (Phi) is 4.63. The summed E-state index contributed by atoms with van der Waals surface area (Å²) in [4.78, 5) is 0.298. The maximum absolute atomic E-state index is 12.8. The molecule has 1 saturated carbocycles. The Balaban J connectivity index is 2.35. The smallest absolute Gasteiger partial charge is 0.245 e. The van der Waals surface area contributed by atoms with Gasteiger partial charge in [-0.15, -0.1) is 0 Å². The number of hydrogen-bond acceptors (Lipinski definition) is 4. The first-order valence-electron chi connectivity index (χ1n) is 6.83. The molecule has 0 amide bonds. The van der Waals surface area contributed by atoms with Crippen molar-refractivity contribution < 1.29 is 8.42 Å². The number of para-hydroxylation sites is 1. The van der Waals surface area contributed by atoms with E-state index in [0.717, 1.165) is 12.8 Å². The Morgan fingerprint density at radius 1 is 1.40 bits per heavy atom. The zero-order valence-corrected chi connectivity index (χ0v) is 12.4. The van der Waals surface area contributed by atoms with Crippen LogP contribution in [-0.4, -0.2) is 31.9 Å². The van der Waals surface area contributed by atoms with Gasteiger partial charge in [-0.25, -0.2) is 8.42 Å². The highest BCUT2D eigenvalue weighted by Gasteiger charge is 2.38. The Hall–Kier alpha value is -1.58. The van der Waals surface area contributed by atoms with Gasteiger partial charge in [0.2, 0.25) is 10.0 Å². The van der Waals surface area contributed by atoms with E-state index in [1.54, 1.807) is 18.2 Å². The van der Waals surface area contributed by atoms with Crippen molar-refractivity contribution in [3.8, 4) is 6.07 Å². The number of anilines is 1. The molecule has 2 rings (SSSR count). The van der Waals surface area contributed by atoms with Crippen molar-refractivity contribution in [3.63, 3.8) is 0 Å². The third-order valence-corrected chi connectivity index (χ3v) is 5.25. The molecule has 0 heterocycles. The zero-order chi connectivity index (χ0) is 14.6. The van der Waals surface area contributed by atoms with Crippen LogP contribution in [0, 0.1) is 11.3 Å². The van der Waals surface area contributed by atoms with E-state index < -0.39 is 10.0 Å². The van der Waals surface area contributed by atoms with Crippen molar-refractivity contribution >= 4 is 15.7 Å². The van der Waals surface area contributed by atoms with Crippen molar-refractivity contribution in [1.82, 2.24) is 4.31 Å². The summed E-state index contributed by atoms with van der Waals surface area (Å²) in [6.07, 6.45) is 1.99. The minimum atomic E-state index is -3.54. The molecule has 0 saturated heterocycles. The van der Waals surface area contributed by atoms with Gasteiger partial charge in [-0.2, -0.15) is 9.57 Å². The van der Waals surface area contributed by atoms with Gasteiger partial charge in [-0.3, -0.25) is 0 Å². The Bertz CT molecular complexity index is 603. The van der Waals surface area contributed by atoms with E-state index in [9.17, 15) is 8.42 Å². The van der Waals surface area contributed by atoms with Crippen LogP contribution in [-0.2, 0) is 10.0 Å². The first-order valence-corrected chi connectivity index (χ1v) is 8.27. The van der Waals surface area contributed by atoms with Crippen LogP contribution in [0.25, 0.3) is 0 Å². The van der Waals surface area contributed by atoms with E-state index in [2.05, 4.69) is 5.32 Å². The number of nitrogens with zero attached hydrogens (tertiary/aromatic N) is 2. The van der Waals surface area contributed by atoms with E-state index in [1.165, 1.54) is 4.31 Å². The van der Waals surface area contributed by atoms with E-state index in [-0.39, 0.29) is 19.0 Å². The highest BCUT2D eigenvalue weighted by atomic mass is 32.2. The summed E-state index contributed by atoms with van der Waals surface area (Å²) in [6, 6.07) is 9.01. The van der Waals surface area contributed by atoms with Gasteiger partial charge in [0, 0.05) is 25.6 Å². The average molecular weight is 293 g/mol. The lowest BCUT2D eigenvalue weighted by Gasteiger charge is -2.22. The second-order valence-corrected chi connectivity index (χ2v) is 6.64. The van der Waals surface area contributed by atoms with Gasteiger partial charge < -0.3 is 5.32 Å². The second-order valence-electron chi connectivity index (χ2n) is 4.78. The van der Waals surface area contributed by atoms with Crippen LogP contribution < -0.4 is 5.32 Å². The Morgan fingerprint density at radius 2 is 2.10 bits per heavy atom. The normalized spacial score (nSPS) is 15.1. The van der Waals surface area contributed by atoms with E-state index in [4.69, 9.17) is 5.26 Å². The fourth-order valence-electron chi connectivity index (χ4n) is 2.18. The lowest BCUT2D eigenvalue weighted by Crippen LogP contribution is -2.34. The summed E-state index contributed by atoms with van der Waals surface area (Å²) in [5.41, 5.74) is 0.623. The molecule has 1 aliphatic carbocycles. The van der Waals surface area contributed by atoms with Crippen LogP contribution in [0.15, 0.2) is 29.2 Å². The molecule has 0 aliphatic heterocycles. The standard InChI is InChI=1S/C14H19N3O2S/c1-2-16-13-6-3-4-7-14(13)20(18,19)17(11-5-10-15)12-8-9-12/h3-4,6-7,12,16H,2,5,8-9,11H2,1H3. The van der Waals surface area contributed by atoms with Gasteiger partial charge in [-0.1, -0.05) is 12.1 Å². The second kappa shape index (κ2) is 6.25. The third-order valence-electron chi connectivity index (χ3n) is 3.24. The molecule has 5 nitrogen and oxygen atoms in total. The number of benzene rings is 1. The third kappa shape index (κ3) is 3.11. The van der Waals surface area contributed by atoms with Gasteiger partial charge in [0.1, 0.15) is 4.90 Å². The van der Waals surface area contributed by atoms with Crippen molar-refractivity contribution in [2.75, 3.05) is 18.4 Å². The average Bonchev–Trinajstić information content (AvgIpc) is 3.24. The summed E-state index contributed by atoms with van der Waals surface area (Å²) >= 11 is 0. The number of sulfonamides is 1. The van der Waals surface area contributed by atoms with Crippen molar-refractivity contribution in [1.29, 1.82) is 5.26 Å². The Labute approximate surface area is 120 Å². The molecule has 1 fully saturated rings. The first-order chi connectivity index (χ1) is 9.61. The van der Waals surface area contributed by atoms with Crippen LogP contribution in [0.5, 0.6) is 0 Å². The number of rotatable bonds is 7. The Morgan fingerprint density at radius 3 is 2.70 bits per heavy atom. The summed E-state index contributed by atoms with van der Waals surface area (Å²) < 4.78 is 27.1. The van der Waals surface area contributed by atoms with Gasteiger partial charge >= 0.3 is 0 Å². The minimum Gasteiger partial charge on any atom is -0.384 e. The number of hydrogen-bond donors (Lipinski definition) is 1.